The summed E-state index contributed by atoms with van der Waals surface area (Å²) in [6.07, 6.45) is 0. The normalized spacial score (nSPS) is 10.4. The molecular weight excluding hydrogens is 402 g/mol. The van der Waals surface area contributed by atoms with Crippen molar-refractivity contribution in [1.29, 1.82) is 0 Å². The summed E-state index contributed by atoms with van der Waals surface area (Å²) >= 11 is 5.77. The zero-order valence-electron chi connectivity index (χ0n) is 14.8. The second-order valence-electron chi connectivity index (χ2n) is 5.75. The van der Waals surface area contributed by atoms with Crippen LogP contribution in [0.2, 0.25) is 5.02 Å². The number of halogens is 1. The first-order valence-corrected chi connectivity index (χ1v) is 8.72. The lowest BCUT2D eigenvalue weighted by Gasteiger charge is -2.05. The smallest absolute Gasteiger partial charge is 0.316 e. The monoisotopic (exact) mass is 415 g/mol. The molecule has 11 heteroatoms. The molecule has 0 aliphatic carbocycles. The molecule has 29 heavy (non-hydrogen) atoms. The van der Waals surface area contributed by atoms with E-state index in [1.807, 2.05) is 0 Å². The van der Waals surface area contributed by atoms with Gasteiger partial charge in [0.05, 0.1) is 4.92 Å². The van der Waals surface area contributed by atoms with Crippen molar-refractivity contribution in [1.82, 2.24) is 20.8 Å². The van der Waals surface area contributed by atoms with E-state index < -0.39 is 10.8 Å². The van der Waals surface area contributed by atoms with E-state index >= 15 is 0 Å². The Morgan fingerprint density at radius 2 is 1.76 bits per heavy atom. The number of hydrogen-bond acceptors (Lipinski definition) is 7. The first-order valence-electron chi connectivity index (χ1n) is 8.34. The number of carbonyl (C=O) groups is 2. The van der Waals surface area contributed by atoms with Crippen LogP contribution in [-0.4, -0.2) is 40.0 Å². The highest BCUT2D eigenvalue weighted by Crippen LogP contribution is 2.21. The van der Waals surface area contributed by atoms with Crippen molar-refractivity contribution in [3.05, 3.63) is 75.1 Å². The van der Waals surface area contributed by atoms with Crippen LogP contribution in [0.5, 0.6) is 0 Å². The summed E-state index contributed by atoms with van der Waals surface area (Å²) in [6.45, 7) is 0.311. The molecule has 3 rings (SSSR count). The average molecular weight is 416 g/mol. The maximum Gasteiger partial charge on any atom is 0.316 e. The summed E-state index contributed by atoms with van der Waals surface area (Å²) in [5.41, 5.74) is 0.659. The SMILES string of the molecule is O=C(NCCNC(=O)c1nc(-c2cccc([N+](=O)[O-])c2)no1)c1ccc(Cl)cc1. The minimum Gasteiger partial charge on any atom is -0.350 e. The van der Waals surface area contributed by atoms with Crippen LogP contribution in [0.3, 0.4) is 0 Å². The molecule has 0 fully saturated rings. The van der Waals surface area contributed by atoms with Gasteiger partial charge in [0.1, 0.15) is 0 Å². The van der Waals surface area contributed by atoms with E-state index in [2.05, 4.69) is 20.8 Å². The summed E-state index contributed by atoms with van der Waals surface area (Å²) < 4.78 is 4.90. The molecule has 10 nitrogen and oxygen atoms in total. The minimum absolute atomic E-state index is 0.0508. The van der Waals surface area contributed by atoms with Gasteiger partial charge < -0.3 is 15.2 Å². The largest absolute Gasteiger partial charge is 0.350 e. The van der Waals surface area contributed by atoms with Crippen LogP contribution in [-0.2, 0) is 0 Å². The Hall–Kier alpha value is -3.79. The molecule has 2 amide bonds. The van der Waals surface area contributed by atoms with E-state index in [4.69, 9.17) is 16.1 Å². The molecule has 2 N–H and O–H groups in total. The molecule has 0 unspecified atom stereocenters. The summed E-state index contributed by atoms with van der Waals surface area (Å²) in [7, 11) is 0. The third-order valence-corrected chi connectivity index (χ3v) is 3.99. The number of non-ortho nitro benzene ring substituents is 1. The van der Waals surface area contributed by atoms with E-state index in [0.717, 1.165) is 0 Å². The van der Waals surface area contributed by atoms with Gasteiger partial charge in [0.25, 0.3) is 11.6 Å². The van der Waals surface area contributed by atoms with Crippen molar-refractivity contribution < 1.29 is 19.0 Å². The molecule has 0 aliphatic heterocycles. The molecule has 0 spiro atoms. The maximum atomic E-state index is 12.1. The maximum absolute atomic E-state index is 12.1. The van der Waals surface area contributed by atoms with Gasteiger partial charge in [-0.15, -0.1) is 0 Å². The lowest BCUT2D eigenvalue weighted by molar-refractivity contribution is -0.384. The molecule has 0 bridgehead atoms. The lowest BCUT2D eigenvalue weighted by Crippen LogP contribution is -2.34. The molecule has 0 radical (unpaired) electrons. The highest BCUT2D eigenvalue weighted by molar-refractivity contribution is 6.30. The summed E-state index contributed by atoms with van der Waals surface area (Å²) in [5, 5.41) is 20.2. The highest BCUT2D eigenvalue weighted by atomic mass is 35.5. The molecule has 2 aromatic carbocycles. The molecule has 1 heterocycles. The minimum atomic E-state index is -0.630. The number of hydrogen-bond donors (Lipinski definition) is 2. The summed E-state index contributed by atoms with van der Waals surface area (Å²) in [4.78, 5) is 38.3. The number of nitro benzene ring substituents is 1. The predicted octanol–water partition coefficient (Wildman–Crippen LogP) is 2.46. The van der Waals surface area contributed by atoms with Gasteiger partial charge in [-0.2, -0.15) is 4.98 Å². The van der Waals surface area contributed by atoms with E-state index in [-0.39, 0.29) is 36.4 Å². The zero-order chi connectivity index (χ0) is 20.8. The topological polar surface area (TPSA) is 140 Å². The van der Waals surface area contributed by atoms with Crippen LogP contribution < -0.4 is 10.6 Å². The summed E-state index contributed by atoms with van der Waals surface area (Å²) in [5.74, 6) is -1.18. The van der Waals surface area contributed by atoms with Crippen molar-refractivity contribution in [3.8, 4) is 11.4 Å². The van der Waals surface area contributed by atoms with Crippen molar-refractivity contribution in [2.75, 3.05) is 13.1 Å². The first-order chi connectivity index (χ1) is 13.9. The lowest BCUT2D eigenvalue weighted by atomic mass is 10.2. The molecule has 3 aromatic rings. The van der Waals surface area contributed by atoms with Crippen LogP contribution in [0, 0.1) is 10.1 Å². The van der Waals surface area contributed by atoms with E-state index in [9.17, 15) is 19.7 Å². The highest BCUT2D eigenvalue weighted by Gasteiger charge is 2.17. The molecular formula is C18H14ClN5O5. The number of rotatable bonds is 7. The third kappa shape index (κ3) is 5.14. The van der Waals surface area contributed by atoms with Gasteiger partial charge in [-0.3, -0.25) is 19.7 Å². The first kappa shape index (κ1) is 20.0. The Morgan fingerprint density at radius 3 is 2.45 bits per heavy atom. The van der Waals surface area contributed by atoms with Crippen molar-refractivity contribution in [3.63, 3.8) is 0 Å². The number of nitro groups is 1. The third-order valence-electron chi connectivity index (χ3n) is 3.74. The van der Waals surface area contributed by atoms with Crippen LogP contribution in [0.4, 0.5) is 5.69 Å². The Morgan fingerprint density at radius 1 is 1.07 bits per heavy atom. The van der Waals surface area contributed by atoms with E-state index in [1.54, 1.807) is 30.3 Å². The number of aromatic nitrogens is 2. The molecule has 1 aromatic heterocycles. The fourth-order valence-corrected chi connectivity index (χ4v) is 2.45. The molecule has 0 saturated carbocycles. The Kier molecular flexibility index (Phi) is 6.15. The Labute approximate surface area is 169 Å². The van der Waals surface area contributed by atoms with Crippen LogP contribution >= 0.6 is 11.6 Å². The number of carbonyl (C=O) groups excluding carboxylic acids is 2. The quantitative estimate of drug-likeness (QED) is 0.343. The summed E-state index contributed by atoms with van der Waals surface area (Å²) in [6, 6.07) is 12.0. The van der Waals surface area contributed by atoms with E-state index in [1.165, 1.54) is 18.2 Å². The number of nitrogens with one attached hydrogen (secondary N) is 2. The van der Waals surface area contributed by atoms with Crippen LogP contribution in [0.1, 0.15) is 21.0 Å². The number of nitrogens with zero attached hydrogens (tertiary/aromatic N) is 3. The molecule has 0 aliphatic rings. The van der Waals surface area contributed by atoms with Crippen molar-refractivity contribution in [2.45, 2.75) is 0 Å². The van der Waals surface area contributed by atoms with Crippen LogP contribution in [0.25, 0.3) is 11.4 Å². The number of amides is 2. The van der Waals surface area contributed by atoms with E-state index in [0.29, 0.717) is 16.1 Å². The average Bonchev–Trinajstić information content (AvgIpc) is 3.22. The van der Waals surface area contributed by atoms with Gasteiger partial charge in [-0.1, -0.05) is 28.9 Å². The fourth-order valence-electron chi connectivity index (χ4n) is 2.32. The van der Waals surface area contributed by atoms with Gasteiger partial charge in [0.15, 0.2) is 0 Å². The molecule has 0 atom stereocenters. The van der Waals surface area contributed by atoms with Crippen LogP contribution in [0.15, 0.2) is 53.1 Å². The van der Waals surface area contributed by atoms with Crippen molar-refractivity contribution in [2.24, 2.45) is 0 Å². The standard InChI is InChI=1S/C18H14ClN5O5/c19-13-6-4-11(5-7-13)16(25)20-8-9-21-17(26)18-22-15(23-29-18)12-2-1-3-14(10-12)24(27)28/h1-7,10H,8-9H2,(H,20,25)(H,21,26). The Balaban J connectivity index is 1.51. The second-order valence-corrected chi connectivity index (χ2v) is 6.19. The van der Waals surface area contributed by atoms with Gasteiger partial charge in [-0.05, 0) is 24.3 Å². The van der Waals surface area contributed by atoms with Gasteiger partial charge in [-0.25, -0.2) is 0 Å². The van der Waals surface area contributed by atoms with Crippen molar-refractivity contribution >= 4 is 29.1 Å². The molecule has 148 valence electrons. The fraction of sp³-hybridized carbons (Fsp3) is 0.111. The number of benzene rings is 2. The predicted molar refractivity (Wildman–Crippen MR) is 103 cm³/mol. The van der Waals surface area contributed by atoms with Gasteiger partial charge in [0, 0.05) is 41.4 Å². The second kappa shape index (κ2) is 8.93. The molecule has 0 saturated heterocycles. The zero-order valence-corrected chi connectivity index (χ0v) is 15.5. The van der Waals surface area contributed by atoms with Gasteiger partial charge in [0.2, 0.25) is 5.82 Å². The Bertz CT molecular complexity index is 1050. The van der Waals surface area contributed by atoms with Gasteiger partial charge >= 0.3 is 11.8 Å².